The standard InChI is InChI=1S/C18H17Cl2NO2/c1-2-12-23-14-9-6-13(7-10-14)8-11-17(22)21-16-5-3-4-15(19)18(16)20/h3-11H,2,12H2,1H3,(H,21,22)/b11-8+. The van der Waals surface area contributed by atoms with Gasteiger partial charge in [0.25, 0.3) is 0 Å². The molecule has 0 unspecified atom stereocenters. The second kappa shape index (κ2) is 8.61. The van der Waals surface area contributed by atoms with Gasteiger partial charge in [-0.2, -0.15) is 0 Å². The maximum absolute atomic E-state index is 11.9. The molecule has 0 aliphatic rings. The molecular formula is C18H17Cl2NO2. The van der Waals surface area contributed by atoms with E-state index < -0.39 is 0 Å². The SMILES string of the molecule is CCCOc1ccc(/C=C/C(=O)Nc2cccc(Cl)c2Cl)cc1. The van der Waals surface area contributed by atoms with Crippen LogP contribution >= 0.6 is 23.2 Å². The van der Waals surface area contributed by atoms with E-state index in [-0.39, 0.29) is 5.91 Å². The molecule has 0 bridgehead atoms. The summed E-state index contributed by atoms with van der Waals surface area (Å²) in [5.41, 5.74) is 1.39. The van der Waals surface area contributed by atoms with Crippen molar-refractivity contribution in [2.75, 3.05) is 11.9 Å². The smallest absolute Gasteiger partial charge is 0.248 e. The first-order valence-electron chi connectivity index (χ1n) is 7.26. The number of halogens is 2. The second-order valence-corrected chi connectivity index (χ2v) is 5.63. The molecule has 0 saturated heterocycles. The zero-order valence-corrected chi connectivity index (χ0v) is 14.2. The van der Waals surface area contributed by atoms with Crippen molar-refractivity contribution in [3.05, 3.63) is 64.1 Å². The average molecular weight is 350 g/mol. The van der Waals surface area contributed by atoms with Gasteiger partial charge < -0.3 is 10.1 Å². The molecule has 0 aliphatic heterocycles. The molecule has 2 rings (SSSR count). The van der Waals surface area contributed by atoms with Gasteiger partial charge in [0.2, 0.25) is 5.91 Å². The topological polar surface area (TPSA) is 38.3 Å². The number of anilines is 1. The molecular weight excluding hydrogens is 333 g/mol. The molecule has 0 spiro atoms. The Hall–Kier alpha value is -1.97. The van der Waals surface area contributed by atoms with Crippen LogP contribution in [0, 0.1) is 0 Å². The molecule has 0 aromatic heterocycles. The van der Waals surface area contributed by atoms with Crippen molar-refractivity contribution >= 4 is 40.9 Å². The normalized spacial score (nSPS) is 10.7. The summed E-state index contributed by atoms with van der Waals surface area (Å²) in [6, 6.07) is 12.6. The monoisotopic (exact) mass is 349 g/mol. The van der Waals surface area contributed by atoms with E-state index >= 15 is 0 Å². The zero-order chi connectivity index (χ0) is 16.7. The fraction of sp³-hybridized carbons (Fsp3) is 0.167. The van der Waals surface area contributed by atoms with E-state index in [9.17, 15) is 4.79 Å². The lowest BCUT2D eigenvalue weighted by molar-refractivity contribution is -0.111. The molecule has 0 fully saturated rings. The van der Waals surface area contributed by atoms with Gasteiger partial charge in [-0.25, -0.2) is 0 Å². The van der Waals surface area contributed by atoms with Crippen LogP contribution < -0.4 is 10.1 Å². The Kier molecular flexibility index (Phi) is 6.51. The zero-order valence-electron chi connectivity index (χ0n) is 12.7. The van der Waals surface area contributed by atoms with Crippen LogP contribution in [0.1, 0.15) is 18.9 Å². The summed E-state index contributed by atoms with van der Waals surface area (Å²) in [5.74, 6) is 0.541. The predicted octanol–water partition coefficient (Wildman–Crippen LogP) is 5.43. The predicted molar refractivity (Wildman–Crippen MR) is 96.4 cm³/mol. The van der Waals surface area contributed by atoms with Crippen LogP contribution in [0.5, 0.6) is 5.75 Å². The summed E-state index contributed by atoms with van der Waals surface area (Å²) in [4.78, 5) is 11.9. The lowest BCUT2D eigenvalue weighted by atomic mass is 10.2. The molecule has 2 aromatic rings. The molecule has 1 N–H and O–H groups in total. The number of hydrogen-bond acceptors (Lipinski definition) is 2. The lowest BCUT2D eigenvalue weighted by Crippen LogP contribution is -2.08. The van der Waals surface area contributed by atoms with E-state index in [2.05, 4.69) is 12.2 Å². The number of rotatable bonds is 6. The quantitative estimate of drug-likeness (QED) is 0.705. The Balaban J connectivity index is 1.96. The molecule has 120 valence electrons. The Morgan fingerprint density at radius 3 is 2.61 bits per heavy atom. The van der Waals surface area contributed by atoms with Gasteiger partial charge in [-0.15, -0.1) is 0 Å². The van der Waals surface area contributed by atoms with E-state index in [0.29, 0.717) is 22.3 Å². The van der Waals surface area contributed by atoms with Crippen LogP contribution in [-0.4, -0.2) is 12.5 Å². The summed E-state index contributed by atoms with van der Waals surface area (Å²) in [7, 11) is 0. The first-order valence-corrected chi connectivity index (χ1v) is 8.01. The first-order chi connectivity index (χ1) is 11.1. The molecule has 0 heterocycles. The van der Waals surface area contributed by atoms with Crippen LogP contribution in [0.2, 0.25) is 10.0 Å². The van der Waals surface area contributed by atoms with Gasteiger partial charge in [0.1, 0.15) is 5.75 Å². The van der Waals surface area contributed by atoms with Gasteiger partial charge in [-0.1, -0.05) is 48.3 Å². The minimum absolute atomic E-state index is 0.277. The molecule has 2 aromatic carbocycles. The Morgan fingerprint density at radius 2 is 1.91 bits per heavy atom. The van der Waals surface area contributed by atoms with E-state index in [1.165, 1.54) is 6.08 Å². The van der Waals surface area contributed by atoms with E-state index in [1.807, 2.05) is 24.3 Å². The van der Waals surface area contributed by atoms with Crippen LogP contribution in [0.3, 0.4) is 0 Å². The van der Waals surface area contributed by atoms with Gasteiger partial charge in [-0.05, 0) is 42.3 Å². The Bertz CT molecular complexity index is 697. The van der Waals surface area contributed by atoms with Crippen molar-refractivity contribution in [2.24, 2.45) is 0 Å². The average Bonchev–Trinajstić information content (AvgIpc) is 2.56. The molecule has 0 atom stereocenters. The number of hydrogen-bond donors (Lipinski definition) is 1. The highest BCUT2D eigenvalue weighted by Crippen LogP contribution is 2.29. The summed E-state index contributed by atoms with van der Waals surface area (Å²) < 4.78 is 5.51. The third kappa shape index (κ3) is 5.31. The number of carbonyl (C=O) groups excluding carboxylic acids is 1. The fourth-order valence-electron chi connectivity index (χ4n) is 1.84. The fourth-order valence-corrected chi connectivity index (χ4v) is 2.19. The molecule has 23 heavy (non-hydrogen) atoms. The molecule has 0 aliphatic carbocycles. The number of amides is 1. The lowest BCUT2D eigenvalue weighted by Gasteiger charge is -2.06. The summed E-state index contributed by atoms with van der Waals surface area (Å²) in [5, 5.41) is 3.42. The van der Waals surface area contributed by atoms with Gasteiger partial charge in [-0.3, -0.25) is 4.79 Å². The molecule has 1 amide bonds. The van der Waals surface area contributed by atoms with Gasteiger partial charge >= 0.3 is 0 Å². The summed E-state index contributed by atoms with van der Waals surface area (Å²) in [6.45, 7) is 2.75. The number of benzene rings is 2. The third-order valence-corrected chi connectivity index (χ3v) is 3.81. The molecule has 3 nitrogen and oxygen atoms in total. The van der Waals surface area contributed by atoms with Gasteiger partial charge in [0.05, 0.1) is 22.3 Å². The molecule has 0 radical (unpaired) electrons. The van der Waals surface area contributed by atoms with Gasteiger partial charge in [0, 0.05) is 6.08 Å². The van der Waals surface area contributed by atoms with Crippen LogP contribution in [0.15, 0.2) is 48.5 Å². The maximum atomic E-state index is 11.9. The minimum Gasteiger partial charge on any atom is -0.494 e. The summed E-state index contributed by atoms with van der Waals surface area (Å²) in [6.07, 6.45) is 4.13. The largest absolute Gasteiger partial charge is 0.494 e. The Morgan fingerprint density at radius 1 is 1.17 bits per heavy atom. The van der Waals surface area contributed by atoms with Crippen LogP contribution in [-0.2, 0) is 4.79 Å². The highest BCUT2D eigenvalue weighted by atomic mass is 35.5. The van der Waals surface area contributed by atoms with Crippen molar-refractivity contribution in [2.45, 2.75) is 13.3 Å². The van der Waals surface area contributed by atoms with Gasteiger partial charge in [0.15, 0.2) is 0 Å². The second-order valence-electron chi connectivity index (χ2n) is 4.84. The van der Waals surface area contributed by atoms with Crippen molar-refractivity contribution < 1.29 is 9.53 Å². The van der Waals surface area contributed by atoms with E-state index in [1.54, 1.807) is 24.3 Å². The third-order valence-electron chi connectivity index (χ3n) is 2.99. The highest BCUT2D eigenvalue weighted by Gasteiger charge is 2.06. The minimum atomic E-state index is -0.277. The highest BCUT2D eigenvalue weighted by molar-refractivity contribution is 6.44. The van der Waals surface area contributed by atoms with Crippen molar-refractivity contribution in [1.82, 2.24) is 0 Å². The number of nitrogens with one attached hydrogen (secondary N) is 1. The van der Waals surface area contributed by atoms with E-state index in [0.717, 1.165) is 17.7 Å². The molecule has 5 heteroatoms. The summed E-state index contributed by atoms with van der Waals surface area (Å²) >= 11 is 11.9. The number of carbonyl (C=O) groups is 1. The van der Waals surface area contributed by atoms with Crippen LogP contribution in [0.25, 0.3) is 6.08 Å². The maximum Gasteiger partial charge on any atom is 0.248 e. The van der Waals surface area contributed by atoms with Crippen molar-refractivity contribution in [1.29, 1.82) is 0 Å². The Labute approximate surface area is 145 Å². The van der Waals surface area contributed by atoms with Crippen LogP contribution in [0.4, 0.5) is 5.69 Å². The number of ether oxygens (including phenoxy) is 1. The molecule has 0 saturated carbocycles. The van der Waals surface area contributed by atoms with E-state index in [4.69, 9.17) is 27.9 Å². The van der Waals surface area contributed by atoms with Crippen molar-refractivity contribution in [3.8, 4) is 5.75 Å². The van der Waals surface area contributed by atoms with Crippen molar-refractivity contribution in [3.63, 3.8) is 0 Å². The first kappa shape index (κ1) is 17.4.